The van der Waals surface area contributed by atoms with Crippen molar-refractivity contribution in [3.63, 3.8) is 0 Å². The first-order valence-corrected chi connectivity index (χ1v) is 8.03. The van der Waals surface area contributed by atoms with Crippen LogP contribution in [-0.2, 0) is 0 Å². The predicted molar refractivity (Wildman–Crippen MR) is 89.3 cm³/mol. The Morgan fingerprint density at radius 2 is 1.87 bits per heavy atom. The molecule has 4 nitrogen and oxygen atoms in total. The molecular formula is C19H18N2O2. The predicted octanol–water partition coefficient (Wildman–Crippen LogP) is 3.74. The van der Waals surface area contributed by atoms with Crippen LogP contribution in [0.1, 0.15) is 36.0 Å². The highest BCUT2D eigenvalue weighted by Crippen LogP contribution is 2.25. The quantitative estimate of drug-likeness (QED) is 0.708. The lowest BCUT2D eigenvalue weighted by Gasteiger charge is -2.12. The third-order valence-electron chi connectivity index (χ3n) is 4.61. The Labute approximate surface area is 133 Å². The summed E-state index contributed by atoms with van der Waals surface area (Å²) in [5, 5.41) is 14.1. The number of benzene rings is 2. The monoisotopic (exact) mass is 306 g/mol. The van der Waals surface area contributed by atoms with Crippen LogP contribution < -0.4 is 10.9 Å². The second kappa shape index (κ2) is 5.54. The molecule has 1 fully saturated rings. The lowest BCUT2D eigenvalue weighted by atomic mass is 10.0. The number of hydrogen-bond donors (Lipinski definition) is 2. The Hall–Kier alpha value is -2.62. The molecule has 1 amide bonds. The van der Waals surface area contributed by atoms with Crippen molar-refractivity contribution in [3.05, 3.63) is 53.6 Å². The number of carbonyl (C=O) groups is 1. The number of fused-ring (bicyclic) bond motifs is 3. The molecule has 1 heterocycles. The largest absolute Gasteiger partial charge is 0.438 e. The normalized spacial score (nSPS) is 15.3. The van der Waals surface area contributed by atoms with Gasteiger partial charge in [-0.1, -0.05) is 43.2 Å². The molecule has 0 radical (unpaired) electrons. The van der Waals surface area contributed by atoms with Gasteiger partial charge in [0.1, 0.15) is 11.1 Å². The number of rotatable bonds is 2. The molecule has 0 saturated heterocycles. The van der Waals surface area contributed by atoms with Gasteiger partial charge in [0.2, 0.25) is 5.55 Å². The summed E-state index contributed by atoms with van der Waals surface area (Å²) >= 11 is 0. The molecule has 0 atom stereocenters. The third kappa shape index (κ3) is 2.50. The lowest BCUT2D eigenvalue weighted by Crippen LogP contribution is -2.35. The smallest absolute Gasteiger partial charge is 0.257 e. The Kier molecular flexibility index (Phi) is 3.37. The van der Waals surface area contributed by atoms with Crippen LogP contribution in [0.15, 0.2) is 46.9 Å². The molecule has 0 bridgehead atoms. The van der Waals surface area contributed by atoms with Crippen LogP contribution in [0.5, 0.6) is 0 Å². The van der Waals surface area contributed by atoms with E-state index in [0.717, 1.165) is 41.8 Å². The van der Waals surface area contributed by atoms with Gasteiger partial charge in [-0.2, -0.15) is 0 Å². The van der Waals surface area contributed by atoms with Gasteiger partial charge in [0.05, 0.1) is 0 Å². The average molecular weight is 306 g/mol. The fourth-order valence-corrected chi connectivity index (χ4v) is 3.39. The second-order valence-electron chi connectivity index (χ2n) is 6.14. The molecule has 3 aromatic rings. The molecule has 1 aromatic heterocycles. The molecule has 116 valence electrons. The number of amides is 1. The van der Waals surface area contributed by atoms with E-state index >= 15 is 0 Å². The van der Waals surface area contributed by atoms with Gasteiger partial charge in [-0.3, -0.25) is 10.2 Å². The first-order chi connectivity index (χ1) is 11.2. The molecule has 1 saturated carbocycles. The summed E-state index contributed by atoms with van der Waals surface area (Å²) in [7, 11) is 0. The summed E-state index contributed by atoms with van der Waals surface area (Å²) in [4.78, 5) is 12.5. The van der Waals surface area contributed by atoms with E-state index in [1.165, 1.54) is 0 Å². The molecule has 1 aliphatic rings. The van der Waals surface area contributed by atoms with Crippen LogP contribution in [0.3, 0.4) is 0 Å². The fourth-order valence-electron chi connectivity index (χ4n) is 3.39. The van der Waals surface area contributed by atoms with Gasteiger partial charge in [-0.05, 0) is 35.7 Å². The zero-order valence-corrected chi connectivity index (χ0v) is 12.8. The Morgan fingerprint density at radius 1 is 1.09 bits per heavy atom. The van der Waals surface area contributed by atoms with E-state index in [1.807, 2.05) is 36.4 Å². The van der Waals surface area contributed by atoms with E-state index in [2.05, 4.69) is 5.32 Å². The second-order valence-corrected chi connectivity index (χ2v) is 6.14. The van der Waals surface area contributed by atoms with Crippen LogP contribution in [0.4, 0.5) is 0 Å². The molecule has 4 heteroatoms. The molecule has 2 aromatic carbocycles. The highest BCUT2D eigenvalue weighted by atomic mass is 16.3. The van der Waals surface area contributed by atoms with Crippen molar-refractivity contribution in [1.29, 1.82) is 5.41 Å². The van der Waals surface area contributed by atoms with E-state index in [0.29, 0.717) is 11.1 Å². The summed E-state index contributed by atoms with van der Waals surface area (Å²) < 4.78 is 5.59. The molecule has 23 heavy (non-hydrogen) atoms. The van der Waals surface area contributed by atoms with Crippen LogP contribution >= 0.6 is 0 Å². The molecule has 4 rings (SSSR count). The first kappa shape index (κ1) is 14.0. The maximum absolute atomic E-state index is 12.5. The Balaban J connectivity index is 1.82. The van der Waals surface area contributed by atoms with Crippen molar-refractivity contribution >= 4 is 27.6 Å². The van der Waals surface area contributed by atoms with Crippen LogP contribution in [-0.4, -0.2) is 11.9 Å². The zero-order chi connectivity index (χ0) is 15.8. The first-order valence-electron chi connectivity index (χ1n) is 8.03. The van der Waals surface area contributed by atoms with Crippen molar-refractivity contribution in [2.75, 3.05) is 0 Å². The van der Waals surface area contributed by atoms with Gasteiger partial charge in [0.25, 0.3) is 5.91 Å². The summed E-state index contributed by atoms with van der Waals surface area (Å²) in [6.45, 7) is 0. The van der Waals surface area contributed by atoms with Crippen LogP contribution in [0.25, 0.3) is 21.7 Å². The average Bonchev–Trinajstić information content (AvgIpc) is 3.07. The minimum Gasteiger partial charge on any atom is -0.438 e. The summed E-state index contributed by atoms with van der Waals surface area (Å²) in [5.41, 5.74) is 0.857. The van der Waals surface area contributed by atoms with Crippen molar-refractivity contribution in [2.24, 2.45) is 0 Å². The highest BCUT2D eigenvalue weighted by molar-refractivity contribution is 6.07. The number of nitrogens with one attached hydrogen (secondary N) is 2. The minimum atomic E-state index is -0.208. The fraction of sp³-hybridized carbons (Fsp3) is 0.263. The van der Waals surface area contributed by atoms with Gasteiger partial charge in [0, 0.05) is 11.4 Å². The van der Waals surface area contributed by atoms with E-state index in [-0.39, 0.29) is 17.5 Å². The summed E-state index contributed by atoms with van der Waals surface area (Å²) in [6.07, 6.45) is 4.36. The van der Waals surface area contributed by atoms with E-state index in [9.17, 15) is 4.79 Å². The standard InChI is InChI=1S/C19H18N2O2/c20-18-16(19(22)21-13-6-2-3-7-13)11-15-14-8-4-1-5-12(14)9-10-17(15)23-18/h1,4-5,8-11,13,20H,2-3,6-7H2,(H,21,22). The van der Waals surface area contributed by atoms with Gasteiger partial charge in [0.15, 0.2) is 0 Å². The summed E-state index contributed by atoms with van der Waals surface area (Å²) in [6, 6.07) is 13.8. The molecule has 0 unspecified atom stereocenters. The number of carbonyl (C=O) groups excluding carboxylic acids is 1. The Morgan fingerprint density at radius 3 is 2.70 bits per heavy atom. The van der Waals surface area contributed by atoms with Crippen molar-refractivity contribution < 1.29 is 9.21 Å². The van der Waals surface area contributed by atoms with E-state index < -0.39 is 0 Å². The molecule has 0 aliphatic heterocycles. The maximum Gasteiger partial charge on any atom is 0.257 e. The molecular weight excluding hydrogens is 288 g/mol. The Bertz CT molecular complexity index is 952. The third-order valence-corrected chi connectivity index (χ3v) is 4.61. The molecule has 2 N–H and O–H groups in total. The molecule has 1 aliphatic carbocycles. The van der Waals surface area contributed by atoms with Crippen molar-refractivity contribution in [2.45, 2.75) is 31.7 Å². The minimum absolute atomic E-state index is 0.0803. The van der Waals surface area contributed by atoms with Gasteiger partial charge in [-0.25, -0.2) is 0 Å². The van der Waals surface area contributed by atoms with E-state index in [4.69, 9.17) is 9.83 Å². The van der Waals surface area contributed by atoms with Gasteiger partial charge in [-0.15, -0.1) is 0 Å². The van der Waals surface area contributed by atoms with Crippen molar-refractivity contribution in [3.8, 4) is 0 Å². The summed E-state index contributed by atoms with van der Waals surface area (Å²) in [5.74, 6) is -0.208. The SMILES string of the molecule is N=c1oc2ccc3ccccc3c2cc1C(=O)NC1CCCC1. The lowest BCUT2D eigenvalue weighted by molar-refractivity contribution is 0.0933. The zero-order valence-electron chi connectivity index (χ0n) is 12.8. The molecule has 0 spiro atoms. The maximum atomic E-state index is 12.5. The number of hydrogen-bond acceptors (Lipinski definition) is 3. The van der Waals surface area contributed by atoms with Gasteiger partial charge >= 0.3 is 0 Å². The topological polar surface area (TPSA) is 66.1 Å². The van der Waals surface area contributed by atoms with Gasteiger partial charge < -0.3 is 9.73 Å². The van der Waals surface area contributed by atoms with Crippen LogP contribution in [0, 0.1) is 5.41 Å². The van der Waals surface area contributed by atoms with E-state index in [1.54, 1.807) is 6.07 Å². The highest BCUT2D eigenvalue weighted by Gasteiger charge is 2.20. The van der Waals surface area contributed by atoms with Crippen molar-refractivity contribution in [1.82, 2.24) is 5.32 Å². The van der Waals surface area contributed by atoms with Crippen LogP contribution in [0.2, 0.25) is 0 Å².